The first kappa shape index (κ1) is 14.9. The Morgan fingerprint density at radius 2 is 1.87 bits per heavy atom. The van der Waals surface area contributed by atoms with Gasteiger partial charge >= 0.3 is 0 Å². The van der Waals surface area contributed by atoms with Crippen LogP contribution in [0.3, 0.4) is 0 Å². The van der Waals surface area contributed by atoms with E-state index in [1.54, 1.807) is 12.4 Å². The second-order valence-electron chi connectivity index (χ2n) is 5.02. The molecule has 0 aliphatic heterocycles. The van der Waals surface area contributed by atoms with Gasteiger partial charge in [-0.15, -0.1) is 0 Å². The Labute approximate surface area is 133 Å². The topological polar surface area (TPSA) is 80.9 Å². The Morgan fingerprint density at radius 3 is 2.65 bits per heavy atom. The molecule has 0 spiro atoms. The van der Waals surface area contributed by atoms with Crippen LogP contribution in [0.25, 0.3) is 11.4 Å². The number of rotatable bonds is 6. The van der Waals surface area contributed by atoms with Gasteiger partial charge in [0.05, 0.1) is 0 Å². The van der Waals surface area contributed by atoms with E-state index in [-0.39, 0.29) is 5.91 Å². The van der Waals surface area contributed by atoms with Crippen molar-refractivity contribution in [3.8, 4) is 11.4 Å². The molecule has 6 nitrogen and oxygen atoms in total. The van der Waals surface area contributed by atoms with Gasteiger partial charge in [0.15, 0.2) is 0 Å². The van der Waals surface area contributed by atoms with Crippen molar-refractivity contribution in [3.05, 3.63) is 60.7 Å². The zero-order valence-corrected chi connectivity index (χ0v) is 12.5. The quantitative estimate of drug-likeness (QED) is 0.756. The molecule has 3 aromatic rings. The fourth-order valence-corrected chi connectivity index (χ4v) is 2.12. The maximum Gasteiger partial charge on any atom is 0.226 e. The first-order chi connectivity index (χ1) is 11.3. The molecule has 1 amide bonds. The van der Waals surface area contributed by atoms with E-state index in [1.165, 1.54) is 0 Å². The highest BCUT2D eigenvalue weighted by Gasteiger charge is 2.09. The summed E-state index contributed by atoms with van der Waals surface area (Å²) in [5.41, 5.74) is 1.66. The van der Waals surface area contributed by atoms with E-state index in [1.807, 2.05) is 42.5 Å². The van der Waals surface area contributed by atoms with Crippen molar-refractivity contribution in [2.45, 2.75) is 19.3 Å². The molecule has 2 aromatic heterocycles. The van der Waals surface area contributed by atoms with E-state index in [2.05, 4.69) is 20.4 Å². The largest absolute Gasteiger partial charge is 0.339 e. The highest BCUT2D eigenvalue weighted by Crippen LogP contribution is 2.15. The van der Waals surface area contributed by atoms with E-state index in [4.69, 9.17) is 4.52 Å². The van der Waals surface area contributed by atoms with Crippen LogP contribution in [0.2, 0.25) is 0 Å². The number of carbonyl (C=O) groups excluding carboxylic acids is 1. The molecule has 3 rings (SSSR count). The lowest BCUT2D eigenvalue weighted by Gasteiger charge is -2.03. The summed E-state index contributed by atoms with van der Waals surface area (Å²) in [6.07, 6.45) is 4.98. The van der Waals surface area contributed by atoms with Crippen LogP contribution in [0.1, 0.15) is 18.7 Å². The lowest BCUT2D eigenvalue weighted by Crippen LogP contribution is -2.11. The average molecular weight is 308 g/mol. The number of amides is 1. The standard InChI is InChI=1S/C17H16N4O2/c22-15(19-14-5-2-1-3-6-14)7-4-8-16-20-17(21-23-16)13-9-11-18-12-10-13/h1-3,5-6,9-12H,4,7-8H2,(H,19,22). The molecule has 0 radical (unpaired) electrons. The number of pyridine rings is 1. The Hall–Kier alpha value is -3.02. The van der Waals surface area contributed by atoms with Crippen LogP contribution in [0.5, 0.6) is 0 Å². The fourth-order valence-electron chi connectivity index (χ4n) is 2.12. The van der Waals surface area contributed by atoms with E-state index in [9.17, 15) is 4.79 Å². The molecule has 6 heteroatoms. The molecule has 0 saturated carbocycles. The summed E-state index contributed by atoms with van der Waals surface area (Å²) in [6, 6.07) is 13.0. The Morgan fingerprint density at radius 1 is 1.09 bits per heavy atom. The zero-order valence-electron chi connectivity index (χ0n) is 12.5. The van der Waals surface area contributed by atoms with Gasteiger partial charge in [0.25, 0.3) is 0 Å². The summed E-state index contributed by atoms with van der Waals surface area (Å²) in [5.74, 6) is 1.05. The van der Waals surface area contributed by atoms with Crippen LogP contribution in [0.15, 0.2) is 59.4 Å². The van der Waals surface area contributed by atoms with Crippen LogP contribution in [-0.2, 0) is 11.2 Å². The Kier molecular flexibility index (Phi) is 4.73. The number of nitrogens with one attached hydrogen (secondary N) is 1. The third-order valence-corrected chi connectivity index (χ3v) is 3.26. The van der Waals surface area contributed by atoms with Gasteiger partial charge in [-0.3, -0.25) is 9.78 Å². The number of para-hydroxylation sites is 1. The Balaban J connectivity index is 1.48. The van der Waals surface area contributed by atoms with Gasteiger partial charge in [-0.25, -0.2) is 0 Å². The molecular formula is C17H16N4O2. The van der Waals surface area contributed by atoms with Crippen LogP contribution in [0, 0.1) is 0 Å². The van der Waals surface area contributed by atoms with Gasteiger partial charge in [0.2, 0.25) is 17.6 Å². The maximum atomic E-state index is 11.8. The van der Waals surface area contributed by atoms with Crippen LogP contribution >= 0.6 is 0 Å². The number of hydrogen-bond acceptors (Lipinski definition) is 5. The molecule has 1 N–H and O–H groups in total. The van der Waals surface area contributed by atoms with Crippen molar-refractivity contribution in [2.24, 2.45) is 0 Å². The lowest BCUT2D eigenvalue weighted by atomic mass is 10.2. The SMILES string of the molecule is O=C(CCCc1nc(-c2ccncc2)no1)Nc1ccccc1. The number of nitrogens with zero attached hydrogens (tertiary/aromatic N) is 3. The van der Waals surface area contributed by atoms with Crippen molar-refractivity contribution in [1.82, 2.24) is 15.1 Å². The van der Waals surface area contributed by atoms with E-state index < -0.39 is 0 Å². The number of hydrogen-bond donors (Lipinski definition) is 1. The summed E-state index contributed by atoms with van der Waals surface area (Å²) in [5, 5.41) is 6.78. The number of anilines is 1. The number of aryl methyl sites for hydroxylation is 1. The predicted molar refractivity (Wildman–Crippen MR) is 85.5 cm³/mol. The van der Waals surface area contributed by atoms with Crippen molar-refractivity contribution in [3.63, 3.8) is 0 Å². The van der Waals surface area contributed by atoms with Crippen molar-refractivity contribution < 1.29 is 9.32 Å². The van der Waals surface area contributed by atoms with Gasteiger partial charge in [-0.2, -0.15) is 4.98 Å². The molecule has 116 valence electrons. The first-order valence-electron chi connectivity index (χ1n) is 7.39. The average Bonchev–Trinajstić information content (AvgIpc) is 3.05. The van der Waals surface area contributed by atoms with Crippen LogP contribution in [0.4, 0.5) is 5.69 Å². The van der Waals surface area contributed by atoms with Gasteiger partial charge in [-0.05, 0) is 30.7 Å². The number of carbonyl (C=O) groups is 1. The third kappa shape index (κ3) is 4.23. The minimum atomic E-state index is -0.0231. The van der Waals surface area contributed by atoms with E-state index in [0.717, 1.165) is 11.3 Å². The van der Waals surface area contributed by atoms with Gasteiger partial charge in [0, 0.05) is 36.5 Å². The molecule has 0 bridgehead atoms. The smallest absolute Gasteiger partial charge is 0.226 e. The van der Waals surface area contributed by atoms with E-state index >= 15 is 0 Å². The molecule has 0 aliphatic carbocycles. The monoisotopic (exact) mass is 308 g/mol. The lowest BCUT2D eigenvalue weighted by molar-refractivity contribution is -0.116. The number of aromatic nitrogens is 3. The minimum absolute atomic E-state index is 0.0231. The Bertz CT molecular complexity index is 757. The fraction of sp³-hybridized carbons (Fsp3) is 0.176. The summed E-state index contributed by atoms with van der Waals surface area (Å²) < 4.78 is 5.21. The molecule has 23 heavy (non-hydrogen) atoms. The van der Waals surface area contributed by atoms with Crippen LogP contribution < -0.4 is 5.32 Å². The molecule has 0 saturated heterocycles. The highest BCUT2D eigenvalue weighted by molar-refractivity contribution is 5.90. The minimum Gasteiger partial charge on any atom is -0.339 e. The highest BCUT2D eigenvalue weighted by atomic mass is 16.5. The second kappa shape index (κ2) is 7.31. The molecule has 1 aromatic carbocycles. The molecule has 0 aliphatic rings. The van der Waals surface area contributed by atoms with Gasteiger partial charge < -0.3 is 9.84 Å². The number of benzene rings is 1. The molecule has 0 atom stereocenters. The summed E-state index contributed by atoms with van der Waals surface area (Å²) in [4.78, 5) is 20.1. The van der Waals surface area contributed by atoms with E-state index in [0.29, 0.717) is 31.0 Å². The zero-order chi connectivity index (χ0) is 15.9. The third-order valence-electron chi connectivity index (χ3n) is 3.26. The second-order valence-corrected chi connectivity index (χ2v) is 5.02. The predicted octanol–water partition coefficient (Wildman–Crippen LogP) is 3.09. The normalized spacial score (nSPS) is 10.4. The van der Waals surface area contributed by atoms with Gasteiger partial charge in [0.1, 0.15) is 0 Å². The van der Waals surface area contributed by atoms with Crippen molar-refractivity contribution in [1.29, 1.82) is 0 Å². The molecule has 0 unspecified atom stereocenters. The molecule has 0 fully saturated rings. The van der Waals surface area contributed by atoms with Crippen LogP contribution in [-0.4, -0.2) is 21.0 Å². The summed E-state index contributed by atoms with van der Waals surface area (Å²) >= 11 is 0. The maximum absolute atomic E-state index is 11.8. The van der Waals surface area contributed by atoms with Crippen molar-refractivity contribution >= 4 is 11.6 Å². The summed E-state index contributed by atoms with van der Waals surface area (Å²) in [7, 11) is 0. The summed E-state index contributed by atoms with van der Waals surface area (Å²) in [6.45, 7) is 0. The molecular weight excluding hydrogens is 292 g/mol. The first-order valence-corrected chi connectivity index (χ1v) is 7.39. The molecule has 2 heterocycles. The van der Waals surface area contributed by atoms with Gasteiger partial charge in [-0.1, -0.05) is 23.4 Å². The van der Waals surface area contributed by atoms with Crippen molar-refractivity contribution in [2.75, 3.05) is 5.32 Å².